The molecule has 0 radical (unpaired) electrons. The van der Waals surface area contributed by atoms with Crippen molar-refractivity contribution < 1.29 is 4.52 Å². The first kappa shape index (κ1) is 15.8. The molecule has 0 fully saturated rings. The second-order valence-corrected chi connectivity index (χ2v) is 7.23. The van der Waals surface area contributed by atoms with Crippen LogP contribution in [0.3, 0.4) is 0 Å². The Hall–Kier alpha value is -2.71. The van der Waals surface area contributed by atoms with E-state index in [0.29, 0.717) is 17.5 Å². The van der Waals surface area contributed by atoms with E-state index in [4.69, 9.17) is 4.52 Å². The van der Waals surface area contributed by atoms with Crippen LogP contribution in [0.1, 0.15) is 5.82 Å². The fourth-order valence-corrected chi connectivity index (χ4v) is 3.72. The lowest BCUT2D eigenvalue weighted by Crippen LogP contribution is -1.87. The van der Waals surface area contributed by atoms with Crippen molar-refractivity contribution in [2.45, 2.75) is 10.1 Å². The summed E-state index contributed by atoms with van der Waals surface area (Å²) in [5, 5.41) is 16.3. The number of benzene rings is 2. The lowest BCUT2D eigenvalue weighted by atomic mass is 10.2. The van der Waals surface area contributed by atoms with Crippen LogP contribution in [0.4, 0.5) is 10.8 Å². The number of hydrogen-bond acceptors (Lipinski definition) is 8. The topological polar surface area (TPSA) is 76.7 Å². The van der Waals surface area contributed by atoms with Crippen molar-refractivity contribution in [3.63, 3.8) is 0 Å². The molecule has 0 atom stereocenters. The molecule has 8 heteroatoms. The molecule has 0 aliphatic rings. The van der Waals surface area contributed by atoms with E-state index in [1.807, 2.05) is 60.7 Å². The van der Waals surface area contributed by atoms with Crippen molar-refractivity contribution in [3.8, 4) is 11.5 Å². The first-order chi connectivity index (χ1) is 12.4. The average Bonchev–Trinajstić information content (AvgIpc) is 3.31. The molecule has 6 nitrogen and oxygen atoms in total. The van der Waals surface area contributed by atoms with E-state index in [0.717, 1.165) is 20.7 Å². The van der Waals surface area contributed by atoms with Crippen LogP contribution in [0.25, 0.3) is 11.5 Å². The Bertz CT molecular complexity index is 940. The molecule has 2 heterocycles. The van der Waals surface area contributed by atoms with E-state index < -0.39 is 0 Å². The fraction of sp³-hybridized carbons (Fsp3) is 0.0588. The summed E-state index contributed by atoms with van der Waals surface area (Å²) in [5.74, 6) is 1.74. The van der Waals surface area contributed by atoms with Crippen molar-refractivity contribution in [2.75, 3.05) is 5.32 Å². The zero-order chi connectivity index (χ0) is 16.9. The zero-order valence-electron chi connectivity index (χ0n) is 13.0. The predicted molar refractivity (Wildman–Crippen MR) is 98.9 cm³/mol. The Morgan fingerprint density at radius 2 is 1.72 bits per heavy atom. The number of para-hydroxylation sites is 1. The maximum atomic E-state index is 5.30. The third-order valence-electron chi connectivity index (χ3n) is 3.25. The zero-order valence-corrected chi connectivity index (χ0v) is 14.6. The van der Waals surface area contributed by atoms with Crippen LogP contribution in [-0.4, -0.2) is 20.3 Å². The molecule has 0 bridgehead atoms. The minimum absolute atomic E-state index is 0.528. The van der Waals surface area contributed by atoms with E-state index in [-0.39, 0.29) is 0 Å². The van der Waals surface area contributed by atoms with Crippen LogP contribution < -0.4 is 5.32 Å². The van der Waals surface area contributed by atoms with Crippen molar-refractivity contribution in [3.05, 3.63) is 66.5 Å². The smallest absolute Gasteiger partial charge is 0.257 e. The van der Waals surface area contributed by atoms with Crippen LogP contribution in [0.15, 0.2) is 69.5 Å². The summed E-state index contributed by atoms with van der Waals surface area (Å²) in [6, 6.07) is 19.6. The summed E-state index contributed by atoms with van der Waals surface area (Å²) in [4.78, 5) is 4.41. The van der Waals surface area contributed by atoms with Gasteiger partial charge in [0.15, 0.2) is 10.2 Å². The molecule has 0 amide bonds. The van der Waals surface area contributed by atoms with Gasteiger partial charge < -0.3 is 9.84 Å². The number of anilines is 2. The van der Waals surface area contributed by atoms with Gasteiger partial charge in [0.2, 0.25) is 5.13 Å². The summed E-state index contributed by atoms with van der Waals surface area (Å²) in [5.41, 5.74) is 1.90. The van der Waals surface area contributed by atoms with Crippen molar-refractivity contribution in [2.24, 2.45) is 0 Å². The summed E-state index contributed by atoms with van der Waals surface area (Å²) in [6.45, 7) is 0. The number of rotatable bonds is 6. The van der Waals surface area contributed by atoms with Crippen LogP contribution in [0, 0.1) is 0 Å². The predicted octanol–water partition coefficient (Wildman–Crippen LogP) is 4.62. The van der Waals surface area contributed by atoms with E-state index in [9.17, 15) is 0 Å². The van der Waals surface area contributed by atoms with Gasteiger partial charge in [-0.05, 0) is 24.3 Å². The third-order valence-corrected chi connectivity index (χ3v) is 5.21. The lowest BCUT2D eigenvalue weighted by Gasteiger charge is -1.99. The highest BCUT2D eigenvalue weighted by atomic mass is 32.2. The molecule has 0 spiro atoms. The first-order valence-corrected chi connectivity index (χ1v) is 9.33. The highest BCUT2D eigenvalue weighted by Gasteiger charge is 2.11. The third kappa shape index (κ3) is 4.04. The molecule has 1 N–H and O–H groups in total. The molecule has 0 aliphatic carbocycles. The quantitative estimate of drug-likeness (QED) is 0.498. The van der Waals surface area contributed by atoms with Crippen molar-refractivity contribution >= 4 is 33.9 Å². The number of thioether (sulfide) groups is 1. The summed E-state index contributed by atoms with van der Waals surface area (Å²) >= 11 is 3.03. The van der Waals surface area contributed by atoms with Gasteiger partial charge >= 0.3 is 0 Å². The molecule has 4 rings (SSSR count). The van der Waals surface area contributed by atoms with Gasteiger partial charge in [0.05, 0.1) is 5.75 Å². The molecule has 4 aromatic rings. The van der Waals surface area contributed by atoms with Crippen molar-refractivity contribution in [1.82, 2.24) is 20.3 Å². The van der Waals surface area contributed by atoms with Crippen LogP contribution in [-0.2, 0) is 5.75 Å². The van der Waals surface area contributed by atoms with Gasteiger partial charge in [-0.1, -0.05) is 64.7 Å². The van der Waals surface area contributed by atoms with Gasteiger partial charge in [-0.25, -0.2) is 0 Å². The molecule has 0 saturated carbocycles. The van der Waals surface area contributed by atoms with E-state index >= 15 is 0 Å². The van der Waals surface area contributed by atoms with Gasteiger partial charge in [-0.2, -0.15) is 4.98 Å². The molecule has 2 aromatic heterocycles. The number of nitrogens with zero attached hydrogens (tertiary/aromatic N) is 4. The maximum Gasteiger partial charge on any atom is 0.257 e. The SMILES string of the molecule is c1ccc(Nc2nnc(SCc3noc(-c4ccccc4)n3)s2)cc1. The Balaban J connectivity index is 1.37. The second kappa shape index (κ2) is 7.45. The fourth-order valence-electron chi connectivity index (χ4n) is 2.10. The van der Waals surface area contributed by atoms with Crippen molar-refractivity contribution in [1.29, 1.82) is 0 Å². The molecule has 2 aromatic carbocycles. The number of nitrogens with one attached hydrogen (secondary N) is 1. The van der Waals surface area contributed by atoms with Gasteiger partial charge in [0.1, 0.15) is 0 Å². The monoisotopic (exact) mass is 367 g/mol. The standard InChI is InChI=1S/C17H13N5OS2/c1-3-7-12(8-4-1)15-19-14(22-23-15)11-24-17-21-20-16(25-17)18-13-9-5-2-6-10-13/h1-10H,11H2,(H,18,20). The second-order valence-electron chi connectivity index (χ2n) is 5.03. The summed E-state index contributed by atoms with van der Waals surface area (Å²) in [7, 11) is 0. The number of hydrogen-bond donors (Lipinski definition) is 1. The Morgan fingerprint density at radius 3 is 2.52 bits per heavy atom. The molecular formula is C17H13N5OS2. The van der Waals surface area contributed by atoms with E-state index in [2.05, 4.69) is 25.7 Å². The highest BCUT2D eigenvalue weighted by molar-refractivity contribution is 8.00. The summed E-state index contributed by atoms with van der Waals surface area (Å²) < 4.78 is 6.16. The average molecular weight is 367 g/mol. The minimum atomic E-state index is 0.528. The van der Waals surface area contributed by atoms with Gasteiger partial charge in [-0.15, -0.1) is 10.2 Å². The molecule has 25 heavy (non-hydrogen) atoms. The normalized spacial score (nSPS) is 10.7. The Labute approximate surface area is 152 Å². The largest absolute Gasteiger partial charge is 0.334 e. The lowest BCUT2D eigenvalue weighted by molar-refractivity contribution is 0.425. The number of aromatic nitrogens is 4. The summed E-state index contributed by atoms with van der Waals surface area (Å²) in [6.07, 6.45) is 0. The molecular weight excluding hydrogens is 354 g/mol. The van der Waals surface area contributed by atoms with Gasteiger partial charge in [0, 0.05) is 11.3 Å². The molecule has 0 aliphatic heterocycles. The molecule has 124 valence electrons. The Morgan fingerprint density at radius 1 is 0.960 bits per heavy atom. The van der Waals surface area contributed by atoms with Gasteiger partial charge in [-0.3, -0.25) is 0 Å². The molecule has 0 saturated heterocycles. The first-order valence-electron chi connectivity index (χ1n) is 7.53. The van der Waals surface area contributed by atoms with Gasteiger partial charge in [0.25, 0.3) is 5.89 Å². The maximum absolute atomic E-state index is 5.30. The van der Waals surface area contributed by atoms with Crippen LogP contribution in [0.2, 0.25) is 0 Å². The molecule has 0 unspecified atom stereocenters. The Kier molecular flexibility index (Phi) is 4.71. The van der Waals surface area contributed by atoms with Crippen LogP contribution >= 0.6 is 23.1 Å². The highest BCUT2D eigenvalue weighted by Crippen LogP contribution is 2.29. The minimum Gasteiger partial charge on any atom is -0.334 e. The van der Waals surface area contributed by atoms with E-state index in [1.165, 1.54) is 23.1 Å². The van der Waals surface area contributed by atoms with E-state index in [1.54, 1.807) is 0 Å². The van der Waals surface area contributed by atoms with Crippen LogP contribution in [0.5, 0.6) is 0 Å².